The molecule has 1 aromatic carbocycles. The maximum Gasteiger partial charge on any atom is 0.0431 e. The molecule has 0 aliphatic heterocycles. The zero-order chi connectivity index (χ0) is 10.4. The summed E-state index contributed by atoms with van der Waals surface area (Å²) in [5, 5.41) is 3.36. The fourth-order valence-electron chi connectivity index (χ4n) is 1.40. The first kappa shape index (κ1) is 11.3. The van der Waals surface area contributed by atoms with Crippen LogP contribution in [0.4, 0.5) is 0 Å². The Bertz CT molecular complexity index is 327. The maximum absolute atomic E-state index is 5.33. The molecular weight excluding hydrogens is 238 g/mol. The van der Waals surface area contributed by atoms with Crippen molar-refractivity contribution in [3.63, 3.8) is 0 Å². The Labute approximate surface area is 94.0 Å². The highest BCUT2D eigenvalue weighted by atomic mass is 79.9. The van der Waals surface area contributed by atoms with Crippen LogP contribution in [0.3, 0.4) is 0 Å². The number of terminal acetylenes is 1. The molecule has 0 radical (unpaired) electrons. The van der Waals surface area contributed by atoms with Crippen LogP contribution in [-0.2, 0) is 0 Å². The van der Waals surface area contributed by atoms with E-state index in [4.69, 9.17) is 6.42 Å². The van der Waals surface area contributed by atoms with E-state index in [1.54, 1.807) is 0 Å². The van der Waals surface area contributed by atoms with E-state index in [-0.39, 0.29) is 6.04 Å². The molecule has 14 heavy (non-hydrogen) atoms. The van der Waals surface area contributed by atoms with Gasteiger partial charge >= 0.3 is 0 Å². The van der Waals surface area contributed by atoms with Gasteiger partial charge in [-0.15, -0.1) is 12.3 Å². The van der Waals surface area contributed by atoms with Gasteiger partial charge in [0.25, 0.3) is 0 Å². The second-order valence-electron chi connectivity index (χ2n) is 3.07. The summed E-state index contributed by atoms with van der Waals surface area (Å²) in [6.45, 7) is 3.01. The lowest BCUT2D eigenvalue weighted by Gasteiger charge is -2.15. The van der Waals surface area contributed by atoms with Crippen molar-refractivity contribution in [2.75, 3.05) is 6.54 Å². The van der Waals surface area contributed by atoms with Crippen molar-refractivity contribution in [2.45, 2.75) is 19.4 Å². The average molecular weight is 252 g/mol. The van der Waals surface area contributed by atoms with Crippen LogP contribution in [0, 0.1) is 12.3 Å². The molecule has 1 N–H and O–H groups in total. The largest absolute Gasteiger partial charge is 0.309 e. The third-order valence-electron chi connectivity index (χ3n) is 2.02. The van der Waals surface area contributed by atoms with Crippen molar-refractivity contribution in [3.05, 3.63) is 34.3 Å². The summed E-state index contributed by atoms with van der Waals surface area (Å²) in [6, 6.07) is 8.51. The van der Waals surface area contributed by atoms with Gasteiger partial charge in [0.1, 0.15) is 0 Å². The van der Waals surface area contributed by atoms with E-state index in [0.29, 0.717) is 0 Å². The van der Waals surface area contributed by atoms with Gasteiger partial charge in [-0.05, 0) is 24.2 Å². The standard InChI is InChI=1S/C12H14BrN/c1-3-6-12(14-4-2)10-7-5-8-11(13)9-10/h1,5,7-9,12,14H,4,6H2,2H3. The Morgan fingerprint density at radius 1 is 1.57 bits per heavy atom. The summed E-state index contributed by atoms with van der Waals surface area (Å²) >= 11 is 3.45. The molecule has 1 rings (SSSR count). The van der Waals surface area contributed by atoms with Crippen LogP contribution < -0.4 is 5.32 Å². The summed E-state index contributed by atoms with van der Waals surface area (Å²) in [5.41, 5.74) is 1.24. The van der Waals surface area contributed by atoms with E-state index < -0.39 is 0 Å². The van der Waals surface area contributed by atoms with E-state index in [0.717, 1.165) is 17.4 Å². The second-order valence-corrected chi connectivity index (χ2v) is 3.99. The van der Waals surface area contributed by atoms with Crippen LogP contribution in [0.2, 0.25) is 0 Å². The summed E-state index contributed by atoms with van der Waals surface area (Å²) < 4.78 is 1.09. The molecule has 0 saturated carbocycles. The van der Waals surface area contributed by atoms with Gasteiger partial charge in [-0.25, -0.2) is 0 Å². The van der Waals surface area contributed by atoms with Crippen LogP contribution in [0.1, 0.15) is 24.9 Å². The number of hydrogen-bond acceptors (Lipinski definition) is 1. The molecule has 0 aromatic heterocycles. The molecule has 0 aliphatic carbocycles. The summed E-state index contributed by atoms with van der Waals surface area (Å²) in [6.07, 6.45) is 6.06. The normalized spacial score (nSPS) is 12.1. The zero-order valence-electron chi connectivity index (χ0n) is 8.26. The number of halogens is 1. The first-order chi connectivity index (χ1) is 6.77. The van der Waals surface area contributed by atoms with Gasteiger partial charge in [-0.3, -0.25) is 0 Å². The van der Waals surface area contributed by atoms with Crippen molar-refractivity contribution in [1.82, 2.24) is 5.32 Å². The van der Waals surface area contributed by atoms with Crippen LogP contribution in [0.15, 0.2) is 28.7 Å². The minimum absolute atomic E-state index is 0.266. The third kappa shape index (κ3) is 3.17. The zero-order valence-corrected chi connectivity index (χ0v) is 9.84. The molecule has 1 atom stereocenters. The lowest BCUT2D eigenvalue weighted by Crippen LogP contribution is -2.20. The van der Waals surface area contributed by atoms with E-state index >= 15 is 0 Å². The fourth-order valence-corrected chi connectivity index (χ4v) is 1.81. The molecule has 0 amide bonds. The van der Waals surface area contributed by atoms with E-state index in [1.165, 1.54) is 5.56 Å². The monoisotopic (exact) mass is 251 g/mol. The van der Waals surface area contributed by atoms with E-state index in [9.17, 15) is 0 Å². The van der Waals surface area contributed by atoms with Crippen molar-refractivity contribution in [2.24, 2.45) is 0 Å². The molecule has 0 fully saturated rings. The third-order valence-corrected chi connectivity index (χ3v) is 2.52. The molecule has 0 bridgehead atoms. The SMILES string of the molecule is C#CCC(NCC)c1cccc(Br)c1. The van der Waals surface area contributed by atoms with Crippen molar-refractivity contribution in [3.8, 4) is 12.3 Å². The topological polar surface area (TPSA) is 12.0 Å². The Hall–Kier alpha value is -0.780. The molecule has 1 aromatic rings. The summed E-state index contributed by atoms with van der Waals surface area (Å²) in [4.78, 5) is 0. The average Bonchev–Trinajstić information content (AvgIpc) is 2.17. The van der Waals surface area contributed by atoms with Crippen molar-refractivity contribution < 1.29 is 0 Å². The van der Waals surface area contributed by atoms with Crippen LogP contribution in [0.5, 0.6) is 0 Å². The lowest BCUT2D eigenvalue weighted by atomic mass is 10.0. The minimum atomic E-state index is 0.266. The second kappa shape index (κ2) is 5.85. The van der Waals surface area contributed by atoms with E-state index in [2.05, 4.69) is 46.2 Å². The minimum Gasteiger partial charge on any atom is -0.309 e. The molecule has 0 aliphatic rings. The highest BCUT2D eigenvalue weighted by Gasteiger charge is 2.08. The Kier molecular flexibility index (Phi) is 4.72. The number of hydrogen-bond donors (Lipinski definition) is 1. The first-order valence-corrected chi connectivity index (χ1v) is 5.49. The molecule has 0 spiro atoms. The van der Waals surface area contributed by atoms with Gasteiger partial charge in [0.2, 0.25) is 0 Å². The van der Waals surface area contributed by atoms with Crippen molar-refractivity contribution in [1.29, 1.82) is 0 Å². The van der Waals surface area contributed by atoms with Gasteiger partial charge in [-0.2, -0.15) is 0 Å². The quantitative estimate of drug-likeness (QED) is 0.812. The highest BCUT2D eigenvalue weighted by molar-refractivity contribution is 9.10. The predicted octanol–water partition coefficient (Wildman–Crippen LogP) is 3.12. The molecular formula is C12H14BrN. The van der Waals surface area contributed by atoms with Gasteiger partial charge in [0, 0.05) is 16.9 Å². The number of benzene rings is 1. The molecule has 0 heterocycles. The van der Waals surface area contributed by atoms with Gasteiger partial charge in [0.15, 0.2) is 0 Å². The number of nitrogens with one attached hydrogen (secondary N) is 1. The molecule has 1 nitrogen and oxygen atoms in total. The maximum atomic E-state index is 5.33. The van der Waals surface area contributed by atoms with Crippen molar-refractivity contribution >= 4 is 15.9 Å². The Morgan fingerprint density at radius 2 is 2.36 bits per heavy atom. The van der Waals surface area contributed by atoms with Crippen LogP contribution in [-0.4, -0.2) is 6.54 Å². The Balaban J connectivity index is 2.82. The lowest BCUT2D eigenvalue weighted by molar-refractivity contribution is 0.565. The Morgan fingerprint density at radius 3 is 2.93 bits per heavy atom. The molecule has 1 unspecified atom stereocenters. The molecule has 2 heteroatoms. The highest BCUT2D eigenvalue weighted by Crippen LogP contribution is 2.20. The van der Waals surface area contributed by atoms with E-state index in [1.807, 2.05) is 12.1 Å². The van der Waals surface area contributed by atoms with Gasteiger partial charge < -0.3 is 5.32 Å². The van der Waals surface area contributed by atoms with Gasteiger partial charge in [0.05, 0.1) is 0 Å². The smallest absolute Gasteiger partial charge is 0.0431 e. The number of rotatable bonds is 4. The summed E-state index contributed by atoms with van der Waals surface area (Å²) in [5.74, 6) is 2.69. The van der Waals surface area contributed by atoms with Crippen LogP contribution in [0.25, 0.3) is 0 Å². The predicted molar refractivity (Wildman–Crippen MR) is 64.0 cm³/mol. The molecule has 74 valence electrons. The van der Waals surface area contributed by atoms with Crippen LogP contribution >= 0.6 is 15.9 Å². The fraction of sp³-hybridized carbons (Fsp3) is 0.333. The molecule has 0 saturated heterocycles. The first-order valence-electron chi connectivity index (χ1n) is 4.70. The summed E-state index contributed by atoms with van der Waals surface area (Å²) in [7, 11) is 0. The van der Waals surface area contributed by atoms with Gasteiger partial charge in [-0.1, -0.05) is 35.0 Å².